The van der Waals surface area contributed by atoms with Gasteiger partial charge in [0, 0.05) is 32.2 Å². The molecule has 4 rings (SSSR count). The lowest BCUT2D eigenvalue weighted by Gasteiger charge is -2.45. The van der Waals surface area contributed by atoms with Crippen molar-refractivity contribution in [2.45, 2.75) is 57.0 Å². The highest BCUT2D eigenvalue weighted by Crippen LogP contribution is 2.40. The minimum atomic E-state index is -0.217. The monoisotopic (exact) mass is 398 g/mol. The molecule has 2 aliphatic heterocycles. The molecule has 3 aliphatic rings. The molecule has 1 aromatic carbocycles. The Hall–Kier alpha value is -2.57. The Morgan fingerprint density at radius 2 is 1.79 bits per heavy atom. The number of anilines is 2. The zero-order valence-electron chi connectivity index (χ0n) is 17.3. The molecule has 1 saturated heterocycles. The largest absolute Gasteiger partial charge is 0.358 e. The number of piperidine rings is 1. The number of rotatable bonds is 4. The van der Waals surface area contributed by atoms with Crippen molar-refractivity contribution in [3.05, 3.63) is 23.8 Å². The number of carbonyl (C=O) groups excluding carboxylic acids is 3. The third-order valence-electron chi connectivity index (χ3n) is 6.30. The first-order valence-electron chi connectivity index (χ1n) is 10.7. The smallest absolute Gasteiger partial charge is 0.253 e. The lowest BCUT2D eigenvalue weighted by Crippen LogP contribution is -2.57. The van der Waals surface area contributed by atoms with Crippen LogP contribution in [-0.4, -0.2) is 61.9 Å². The molecule has 2 fully saturated rings. The van der Waals surface area contributed by atoms with E-state index in [0.29, 0.717) is 11.3 Å². The fraction of sp³-hybridized carbons (Fsp3) is 0.591. The van der Waals surface area contributed by atoms with Gasteiger partial charge >= 0.3 is 0 Å². The summed E-state index contributed by atoms with van der Waals surface area (Å²) < 4.78 is 0. The van der Waals surface area contributed by atoms with E-state index in [0.717, 1.165) is 57.2 Å². The van der Waals surface area contributed by atoms with Gasteiger partial charge in [0.05, 0.1) is 11.4 Å². The Kier molecular flexibility index (Phi) is 5.48. The molecular formula is C22H30N4O3. The third-order valence-corrected chi connectivity index (χ3v) is 6.30. The maximum Gasteiger partial charge on any atom is 0.253 e. The van der Waals surface area contributed by atoms with E-state index >= 15 is 0 Å². The molecule has 0 unspecified atom stereocenters. The van der Waals surface area contributed by atoms with Crippen LogP contribution >= 0.6 is 0 Å². The molecule has 0 aromatic heterocycles. The molecular weight excluding hydrogens is 368 g/mol. The van der Waals surface area contributed by atoms with Crippen LogP contribution in [0.2, 0.25) is 0 Å². The second kappa shape index (κ2) is 8.05. The molecule has 2 heterocycles. The van der Waals surface area contributed by atoms with Crippen LogP contribution in [0.4, 0.5) is 11.4 Å². The van der Waals surface area contributed by atoms with Gasteiger partial charge in [-0.3, -0.25) is 19.3 Å². The second-order valence-electron chi connectivity index (χ2n) is 8.58. The molecule has 1 N–H and O–H groups in total. The van der Waals surface area contributed by atoms with Crippen molar-refractivity contribution < 1.29 is 14.4 Å². The number of nitrogens with one attached hydrogen (secondary N) is 1. The van der Waals surface area contributed by atoms with E-state index in [1.807, 2.05) is 12.1 Å². The van der Waals surface area contributed by atoms with E-state index in [2.05, 4.69) is 10.2 Å². The van der Waals surface area contributed by atoms with Crippen LogP contribution in [0.5, 0.6) is 0 Å². The zero-order valence-corrected chi connectivity index (χ0v) is 17.3. The summed E-state index contributed by atoms with van der Waals surface area (Å²) in [6, 6.07) is 5.52. The van der Waals surface area contributed by atoms with E-state index in [1.165, 1.54) is 4.90 Å². The zero-order chi connectivity index (χ0) is 20.5. The topological polar surface area (TPSA) is 73.0 Å². The quantitative estimate of drug-likeness (QED) is 0.844. The van der Waals surface area contributed by atoms with Crippen molar-refractivity contribution >= 4 is 29.1 Å². The molecule has 1 saturated carbocycles. The van der Waals surface area contributed by atoms with Crippen LogP contribution in [0.3, 0.4) is 0 Å². The summed E-state index contributed by atoms with van der Waals surface area (Å²) in [5, 5.41) is 3.08. The maximum atomic E-state index is 13.3. The minimum absolute atomic E-state index is 0.00623. The summed E-state index contributed by atoms with van der Waals surface area (Å²) in [5.41, 5.74) is 2.14. The molecule has 7 nitrogen and oxygen atoms in total. The standard InChI is InChI=1S/C22H30N4O3/c1-24(2)21(28)15-10-11-17-19(13-15)26(14-20(27)23-16-7-3-4-8-16)22(29)18-9-5-6-12-25(17)18/h10-11,13,16,18H,3-9,12,14H2,1-2H3,(H,23,27)/t18-/m0/s1. The van der Waals surface area contributed by atoms with Gasteiger partial charge in [-0.2, -0.15) is 0 Å². The molecule has 156 valence electrons. The molecule has 1 aromatic rings. The second-order valence-corrected chi connectivity index (χ2v) is 8.58. The van der Waals surface area contributed by atoms with E-state index in [-0.39, 0.29) is 36.3 Å². The number of carbonyl (C=O) groups is 3. The van der Waals surface area contributed by atoms with Crippen molar-refractivity contribution in [1.82, 2.24) is 10.2 Å². The van der Waals surface area contributed by atoms with Crippen LogP contribution in [0.15, 0.2) is 18.2 Å². The maximum absolute atomic E-state index is 13.3. The highest BCUT2D eigenvalue weighted by molar-refractivity contribution is 6.09. The number of benzene rings is 1. The summed E-state index contributed by atoms with van der Waals surface area (Å²) in [7, 11) is 3.42. The molecule has 0 bridgehead atoms. The normalized spacial score (nSPS) is 21.6. The predicted octanol–water partition coefficient (Wildman–Crippen LogP) is 2.15. The van der Waals surface area contributed by atoms with Crippen molar-refractivity contribution in [2.75, 3.05) is 37.0 Å². The predicted molar refractivity (Wildman–Crippen MR) is 112 cm³/mol. The van der Waals surface area contributed by atoms with Gasteiger partial charge in [-0.25, -0.2) is 0 Å². The van der Waals surface area contributed by atoms with E-state index in [4.69, 9.17) is 0 Å². The number of hydrogen-bond acceptors (Lipinski definition) is 4. The van der Waals surface area contributed by atoms with E-state index in [9.17, 15) is 14.4 Å². The van der Waals surface area contributed by atoms with Crippen LogP contribution in [0.25, 0.3) is 0 Å². The summed E-state index contributed by atoms with van der Waals surface area (Å²) in [6.07, 6.45) is 7.16. The Labute approximate surface area is 172 Å². The number of hydrogen-bond donors (Lipinski definition) is 1. The van der Waals surface area contributed by atoms with Crippen molar-refractivity contribution in [2.24, 2.45) is 0 Å². The van der Waals surface area contributed by atoms with Gasteiger partial charge in [0.2, 0.25) is 11.8 Å². The van der Waals surface area contributed by atoms with Crippen molar-refractivity contribution in [3.63, 3.8) is 0 Å². The molecule has 1 atom stereocenters. The van der Waals surface area contributed by atoms with Crippen LogP contribution in [0.1, 0.15) is 55.3 Å². The Morgan fingerprint density at radius 3 is 2.52 bits per heavy atom. The summed E-state index contributed by atoms with van der Waals surface area (Å²) in [4.78, 5) is 43.8. The molecule has 3 amide bonds. The highest BCUT2D eigenvalue weighted by Gasteiger charge is 2.40. The number of amides is 3. The number of nitrogens with zero attached hydrogens (tertiary/aromatic N) is 3. The van der Waals surface area contributed by atoms with Gasteiger partial charge in [-0.05, 0) is 50.3 Å². The molecule has 29 heavy (non-hydrogen) atoms. The van der Waals surface area contributed by atoms with Gasteiger partial charge in [0.15, 0.2) is 0 Å². The van der Waals surface area contributed by atoms with Gasteiger partial charge < -0.3 is 15.1 Å². The molecule has 0 radical (unpaired) electrons. The van der Waals surface area contributed by atoms with Crippen molar-refractivity contribution in [1.29, 1.82) is 0 Å². The van der Waals surface area contributed by atoms with E-state index < -0.39 is 0 Å². The fourth-order valence-corrected chi connectivity index (χ4v) is 4.80. The minimum Gasteiger partial charge on any atom is -0.358 e. The van der Waals surface area contributed by atoms with Gasteiger partial charge in [-0.15, -0.1) is 0 Å². The van der Waals surface area contributed by atoms with Gasteiger partial charge in [0.1, 0.15) is 12.6 Å². The van der Waals surface area contributed by atoms with Crippen LogP contribution in [-0.2, 0) is 9.59 Å². The van der Waals surface area contributed by atoms with Crippen LogP contribution < -0.4 is 15.1 Å². The molecule has 7 heteroatoms. The lowest BCUT2D eigenvalue weighted by atomic mass is 9.95. The first-order valence-corrected chi connectivity index (χ1v) is 10.7. The summed E-state index contributed by atoms with van der Waals surface area (Å²) in [5.74, 6) is -0.269. The Bertz CT molecular complexity index is 816. The molecule has 1 aliphatic carbocycles. The van der Waals surface area contributed by atoms with Crippen molar-refractivity contribution in [3.8, 4) is 0 Å². The third kappa shape index (κ3) is 3.82. The van der Waals surface area contributed by atoms with Gasteiger partial charge in [-0.1, -0.05) is 12.8 Å². The van der Waals surface area contributed by atoms with Crippen LogP contribution in [0, 0.1) is 0 Å². The first-order chi connectivity index (χ1) is 14.0. The summed E-state index contributed by atoms with van der Waals surface area (Å²) in [6.45, 7) is 0.832. The Morgan fingerprint density at radius 1 is 1.07 bits per heavy atom. The first kappa shape index (κ1) is 19.7. The molecule has 0 spiro atoms. The average molecular weight is 399 g/mol. The average Bonchev–Trinajstić information content (AvgIpc) is 3.23. The number of fused-ring (bicyclic) bond motifs is 3. The van der Waals surface area contributed by atoms with E-state index in [1.54, 1.807) is 25.1 Å². The summed E-state index contributed by atoms with van der Waals surface area (Å²) >= 11 is 0. The fourth-order valence-electron chi connectivity index (χ4n) is 4.80. The Balaban J connectivity index is 1.65. The SMILES string of the molecule is CN(C)C(=O)c1ccc2c(c1)N(CC(=O)NC1CCCC1)C(=O)[C@@H]1CCCCN21. The highest BCUT2D eigenvalue weighted by atomic mass is 16.2. The van der Waals surface area contributed by atoms with Gasteiger partial charge in [0.25, 0.3) is 5.91 Å². The lowest BCUT2D eigenvalue weighted by molar-refractivity contribution is -0.125.